The average Bonchev–Trinajstić information content (AvgIpc) is 3.08. The van der Waals surface area contributed by atoms with Crippen LogP contribution in [0.25, 0.3) is 5.76 Å². The number of Topliss-reactive ketones (excluding diaryl/α,β-unsaturated/α-hetero) is 1. The summed E-state index contributed by atoms with van der Waals surface area (Å²) in [6.45, 7) is 1.55. The van der Waals surface area contributed by atoms with Gasteiger partial charge in [0.05, 0.1) is 23.2 Å². The minimum absolute atomic E-state index is 0.0555. The topological polar surface area (TPSA) is 109 Å². The lowest BCUT2D eigenvalue weighted by molar-refractivity contribution is -0.140. The Labute approximate surface area is 205 Å². The number of nitrogens with zero attached hydrogens (tertiary/aromatic N) is 2. The molecule has 34 heavy (non-hydrogen) atoms. The zero-order chi connectivity index (χ0) is 24.6. The first-order valence-electron chi connectivity index (χ1n) is 10.6. The van der Waals surface area contributed by atoms with Crippen LogP contribution in [0.1, 0.15) is 17.2 Å². The average molecular weight is 533 g/mol. The van der Waals surface area contributed by atoms with Crippen molar-refractivity contribution < 1.29 is 34.0 Å². The van der Waals surface area contributed by atoms with Crippen molar-refractivity contribution >= 4 is 33.4 Å². The van der Waals surface area contributed by atoms with E-state index in [1.807, 2.05) is 19.0 Å². The number of phenolic OH excluding ortho intramolecular Hbond substituents is 1. The maximum Gasteiger partial charge on any atom is 0.295 e. The number of halogens is 1. The molecular formula is C24H25BrN2O7. The number of likely N-dealkylation sites (tertiary alicyclic amines) is 1. The van der Waals surface area contributed by atoms with Gasteiger partial charge in [-0.05, 0) is 65.9 Å². The van der Waals surface area contributed by atoms with Gasteiger partial charge in [-0.3, -0.25) is 9.59 Å². The molecule has 9 nitrogen and oxygen atoms in total. The highest BCUT2D eigenvalue weighted by Crippen LogP contribution is 2.45. The molecule has 0 saturated carbocycles. The molecule has 2 aliphatic rings. The SMILES string of the molecule is COc1cc([C@H]2C(=C(O)c3ccc4c(c3)OCCO4)C(=O)C(=O)N2CCN(C)C)cc(Br)c1O. The van der Waals surface area contributed by atoms with Gasteiger partial charge in [-0.15, -0.1) is 0 Å². The van der Waals surface area contributed by atoms with Crippen molar-refractivity contribution in [2.75, 3.05) is 47.5 Å². The number of methoxy groups -OCH3 is 1. The van der Waals surface area contributed by atoms with Gasteiger partial charge in [-0.25, -0.2) is 0 Å². The van der Waals surface area contributed by atoms with Crippen LogP contribution in [-0.2, 0) is 9.59 Å². The summed E-state index contributed by atoms with van der Waals surface area (Å²) >= 11 is 3.30. The molecule has 1 saturated heterocycles. The van der Waals surface area contributed by atoms with Crippen LogP contribution >= 0.6 is 15.9 Å². The van der Waals surface area contributed by atoms with E-state index < -0.39 is 17.7 Å². The summed E-state index contributed by atoms with van der Waals surface area (Å²) in [7, 11) is 5.13. The summed E-state index contributed by atoms with van der Waals surface area (Å²) in [5.41, 5.74) is 0.767. The van der Waals surface area contributed by atoms with Gasteiger partial charge in [-0.1, -0.05) is 0 Å². The molecule has 1 fully saturated rings. The Hall–Kier alpha value is -3.24. The van der Waals surface area contributed by atoms with Crippen molar-refractivity contribution in [3.05, 3.63) is 51.5 Å². The number of carbonyl (C=O) groups is 2. The number of ether oxygens (including phenoxy) is 3. The van der Waals surface area contributed by atoms with E-state index in [-0.39, 0.29) is 29.4 Å². The number of fused-ring (bicyclic) bond motifs is 1. The maximum absolute atomic E-state index is 13.2. The Morgan fingerprint density at radius 1 is 1.18 bits per heavy atom. The Kier molecular flexibility index (Phi) is 6.72. The molecule has 0 bridgehead atoms. The summed E-state index contributed by atoms with van der Waals surface area (Å²) in [6.07, 6.45) is 0. The van der Waals surface area contributed by atoms with Crippen molar-refractivity contribution in [3.63, 3.8) is 0 Å². The van der Waals surface area contributed by atoms with Crippen molar-refractivity contribution in [2.45, 2.75) is 6.04 Å². The zero-order valence-electron chi connectivity index (χ0n) is 19.0. The second kappa shape index (κ2) is 9.55. The van der Waals surface area contributed by atoms with E-state index in [9.17, 15) is 19.8 Å². The summed E-state index contributed by atoms with van der Waals surface area (Å²) in [4.78, 5) is 29.6. The lowest BCUT2D eigenvalue weighted by atomic mass is 9.94. The van der Waals surface area contributed by atoms with Gasteiger partial charge < -0.3 is 34.2 Å². The van der Waals surface area contributed by atoms with E-state index in [4.69, 9.17) is 14.2 Å². The lowest BCUT2D eigenvalue weighted by Crippen LogP contribution is -2.35. The number of likely N-dealkylation sites (N-methyl/N-ethyl adjacent to an activating group) is 1. The molecule has 4 rings (SSSR count). The van der Waals surface area contributed by atoms with Gasteiger partial charge in [0.1, 0.15) is 19.0 Å². The number of aliphatic hydroxyl groups excluding tert-OH is 1. The van der Waals surface area contributed by atoms with Gasteiger partial charge in [-0.2, -0.15) is 0 Å². The number of amides is 1. The second-order valence-electron chi connectivity index (χ2n) is 8.21. The fourth-order valence-corrected chi connectivity index (χ4v) is 4.48. The normalized spacial score (nSPS) is 19.1. The Bertz CT molecular complexity index is 1180. The predicted molar refractivity (Wildman–Crippen MR) is 127 cm³/mol. The van der Waals surface area contributed by atoms with Crippen molar-refractivity contribution in [3.8, 4) is 23.0 Å². The molecular weight excluding hydrogens is 508 g/mol. The highest BCUT2D eigenvalue weighted by Gasteiger charge is 2.46. The third-order valence-corrected chi connectivity index (χ3v) is 6.33. The second-order valence-corrected chi connectivity index (χ2v) is 9.06. The van der Waals surface area contributed by atoms with Crippen molar-refractivity contribution in [1.82, 2.24) is 9.80 Å². The molecule has 10 heteroatoms. The molecule has 180 valence electrons. The van der Waals surface area contributed by atoms with Crippen LogP contribution in [0.15, 0.2) is 40.4 Å². The van der Waals surface area contributed by atoms with E-state index in [0.717, 1.165) is 0 Å². The molecule has 1 atom stereocenters. The van der Waals surface area contributed by atoms with Crippen LogP contribution in [0.4, 0.5) is 0 Å². The minimum Gasteiger partial charge on any atom is -0.507 e. The molecule has 2 aromatic rings. The molecule has 2 heterocycles. The molecule has 0 aliphatic carbocycles. The monoisotopic (exact) mass is 532 g/mol. The molecule has 1 amide bonds. The number of rotatable bonds is 6. The third-order valence-electron chi connectivity index (χ3n) is 5.73. The quantitative estimate of drug-likeness (QED) is 0.332. The lowest BCUT2D eigenvalue weighted by Gasteiger charge is -2.27. The van der Waals surface area contributed by atoms with E-state index >= 15 is 0 Å². The number of benzene rings is 2. The summed E-state index contributed by atoms with van der Waals surface area (Å²) < 4.78 is 16.7. The number of aliphatic hydroxyl groups is 1. The van der Waals surface area contributed by atoms with Gasteiger partial charge >= 0.3 is 0 Å². The highest BCUT2D eigenvalue weighted by molar-refractivity contribution is 9.10. The highest BCUT2D eigenvalue weighted by atomic mass is 79.9. The number of ketones is 1. The Balaban J connectivity index is 1.88. The fraction of sp³-hybridized carbons (Fsp3) is 0.333. The predicted octanol–water partition coefficient (Wildman–Crippen LogP) is 2.92. The van der Waals surface area contributed by atoms with Crippen LogP contribution < -0.4 is 14.2 Å². The largest absolute Gasteiger partial charge is 0.507 e. The summed E-state index contributed by atoms with van der Waals surface area (Å²) in [5.74, 6) is -0.782. The first-order valence-corrected chi connectivity index (χ1v) is 11.4. The molecule has 0 unspecified atom stereocenters. The minimum atomic E-state index is -0.890. The number of phenols is 1. The van der Waals surface area contributed by atoms with Crippen molar-refractivity contribution in [2.24, 2.45) is 0 Å². The number of hydrogen-bond donors (Lipinski definition) is 2. The third kappa shape index (κ3) is 4.30. The first-order chi connectivity index (χ1) is 16.2. The first kappa shape index (κ1) is 23.9. The van der Waals surface area contributed by atoms with Gasteiger partial charge in [0, 0.05) is 18.7 Å². The molecule has 0 spiro atoms. The van der Waals surface area contributed by atoms with Gasteiger partial charge in [0.25, 0.3) is 11.7 Å². The van der Waals surface area contributed by atoms with Gasteiger partial charge in [0.15, 0.2) is 23.0 Å². The van der Waals surface area contributed by atoms with E-state index in [2.05, 4.69) is 15.9 Å². The van der Waals surface area contributed by atoms with Crippen LogP contribution in [0.3, 0.4) is 0 Å². The molecule has 0 aromatic heterocycles. The van der Waals surface area contributed by atoms with E-state index in [1.54, 1.807) is 30.3 Å². The van der Waals surface area contributed by atoms with E-state index in [1.165, 1.54) is 12.0 Å². The smallest absolute Gasteiger partial charge is 0.295 e. The molecule has 2 N–H and O–H groups in total. The standard InChI is InChI=1S/C24H25BrN2O7/c1-26(2)6-7-27-20(14-10-15(25)22(29)18(12-14)32-3)19(23(30)24(27)31)21(28)13-4-5-16-17(11-13)34-9-8-33-16/h4-5,10-12,20,28-29H,6-9H2,1-3H3/t20-/m0/s1. The van der Waals surface area contributed by atoms with Crippen LogP contribution in [0.2, 0.25) is 0 Å². The zero-order valence-corrected chi connectivity index (χ0v) is 20.6. The van der Waals surface area contributed by atoms with Crippen LogP contribution in [0, 0.1) is 0 Å². The maximum atomic E-state index is 13.2. The van der Waals surface area contributed by atoms with Crippen molar-refractivity contribution in [1.29, 1.82) is 0 Å². The Morgan fingerprint density at radius 3 is 2.56 bits per heavy atom. The summed E-state index contributed by atoms with van der Waals surface area (Å²) in [5, 5.41) is 21.5. The molecule has 0 radical (unpaired) electrons. The number of hydrogen-bond acceptors (Lipinski definition) is 8. The fourth-order valence-electron chi connectivity index (χ4n) is 4.02. The molecule has 2 aliphatic heterocycles. The Morgan fingerprint density at radius 2 is 1.88 bits per heavy atom. The van der Waals surface area contributed by atoms with E-state index in [0.29, 0.717) is 46.9 Å². The number of carbonyl (C=O) groups excluding carboxylic acids is 2. The van der Waals surface area contributed by atoms with Crippen LogP contribution in [-0.4, -0.2) is 79.2 Å². The summed E-state index contributed by atoms with van der Waals surface area (Å²) in [6, 6.07) is 7.12. The van der Waals surface area contributed by atoms with Gasteiger partial charge in [0.2, 0.25) is 0 Å². The van der Waals surface area contributed by atoms with Crippen LogP contribution in [0.5, 0.6) is 23.0 Å². The molecule has 2 aromatic carbocycles. The number of aromatic hydroxyl groups is 1.